The Labute approximate surface area is 80.5 Å². The molecule has 1 aromatic rings. The number of thioether (sulfide) groups is 1. The van der Waals surface area contributed by atoms with Gasteiger partial charge in [-0.25, -0.2) is 0 Å². The molecule has 0 radical (unpaired) electrons. The van der Waals surface area contributed by atoms with Crippen LogP contribution in [0.4, 0.5) is 0 Å². The lowest BCUT2D eigenvalue weighted by atomic mass is 10.5. The predicted octanol–water partition coefficient (Wildman–Crippen LogP) is 0.123. The third-order valence-electron chi connectivity index (χ3n) is 1.34. The molecule has 0 atom stereocenters. The maximum Gasteiger partial charge on any atom is 0.191 e. The molecule has 0 saturated heterocycles. The van der Waals surface area contributed by atoms with Crippen molar-refractivity contribution >= 4 is 17.5 Å². The van der Waals surface area contributed by atoms with Crippen LogP contribution in [-0.4, -0.2) is 40.0 Å². The summed E-state index contributed by atoms with van der Waals surface area (Å²) in [6, 6.07) is 0. The third-order valence-corrected chi connectivity index (χ3v) is 2.43. The lowest BCUT2D eigenvalue weighted by Crippen LogP contribution is -2.09. The Bertz CT molecular complexity index is 287. The van der Waals surface area contributed by atoms with E-state index in [1.54, 1.807) is 10.9 Å². The molecule has 0 bridgehead atoms. The molecule has 0 fully saturated rings. The highest BCUT2D eigenvalue weighted by Crippen LogP contribution is 2.12. The van der Waals surface area contributed by atoms with Gasteiger partial charge in [0.1, 0.15) is 12.9 Å². The van der Waals surface area contributed by atoms with Crippen LogP contribution in [0.25, 0.3) is 0 Å². The molecular formula is C7H11N3O2S. The summed E-state index contributed by atoms with van der Waals surface area (Å²) in [5.74, 6) is 0.427. The molecule has 0 spiro atoms. The monoisotopic (exact) mass is 201 g/mol. The van der Waals surface area contributed by atoms with Gasteiger partial charge in [0.15, 0.2) is 10.9 Å². The van der Waals surface area contributed by atoms with Crippen molar-refractivity contribution in [2.75, 3.05) is 19.5 Å². The van der Waals surface area contributed by atoms with Crippen molar-refractivity contribution in [3.8, 4) is 0 Å². The Hall–Kier alpha value is -0.880. The van der Waals surface area contributed by atoms with Crippen LogP contribution in [0.5, 0.6) is 0 Å². The van der Waals surface area contributed by atoms with Crippen molar-refractivity contribution in [2.24, 2.45) is 7.05 Å². The maximum atomic E-state index is 11.0. The van der Waals surface area contributed by atoms with Crippen molar-refractivity contribution in [3.05, 3.63) is 6.33 Å². The van der Waals surface area contributed by atoms with E-state index in [4.69, 9.17) is 4.74 Å². The minimum atomic E-state index is 0.0514. The average molecular weight is 201 g/mol. The zero-order valence-corrected chi connectivity index (χ0v) is 8.37. The van der Waals surface area contributed by atoms with Crippen LogP contribution in [0.3, 0.4) is 0 Å². The lowest BCUT2D eigenvalue weighted by molar-refractivity contribution is -0.120. The number of hydrogen-bond donors (Lipinski definition) is 0. The fraction of sp³-hybridized carbons (Fsp3) is 0.571. The molecular weight excluding hydrogens is 190 g/mol. The Morgan fingerprint density at radius 2 is 2.54 bits per heavy atom. The van der Waals surface area contributed by atoms with Crippen LogP contribution in [0.15, 0.2) is 11.5 Å². The molecule has 0 aliphatic heterocycles. The maximum absolute atomic E-state index is 11.0. The summed E-state index contributed by atoms with van der Waals surface area (Å²) >= 11 is 1.36. The first-order chi connectivity index (χ1) is 6.24. The number of hydrogen-bond acceptors (Lipinski definition) is 5. The molecule has 72 valence electrons. The molecule has 1 rings (SSSR count). The van der Waals surface area contributed by atoms with Gasteiger partial charge >= 0.3 is 0 Å². The number of carbonyl (C=O) groups is 1. The van der Waals surface area contributed by atoms with Gasteiger partial charge in [-0.3, -0.25) is 4.79 Å². The van der Waals surface area contributed by atoms with E-state index in [1.165, 1.54) is 18.9 Å². The molecule has 6 heteroatoms. The first-order valence-electron chi connectivity index (χ1n) is 3.71. The smallest absolute Gasteiger partial charge is 0.191 e. The van der Waals surface area contributed by atoms with E-state index in [9.17, 15) is 4.79 Å². The minimum Gasteiger partial charge on any atom is -0.377 e. The first kappa shape index (κ1) is 10.2. The summed E-state index contributed by atoms with van der Waals surface area (Å²) in [6.45, 7) is 0.158. The lowest BCUT2D eigenvalue weighted by Gasteiger charge is -1.98. The zero-order chi connectivity index (χ0) is 9.68. The van der Waals surface area contributed by atoms with E-state index in [1.807, 2.05) is 7.05 Å². The van der Waals surface area contributed by atoms with E-state index in [0.717, 1.165) is 5.16 Å². The van der Waals surface area contributed by atoms with Gasteiger partial charge in [0.25, 0.3) is 0 Å². The van der Waals surface area contributed by atoms with Crippen molar-refractivity contribution in [3.63, 3.8) is 0 Å². The van der Waals surface area contributed by atoms with Gasteiger partial charge in [0.2, 0.25) is 0 Å². The molecule has 1 heterocycles. The number of rotatable bonds is 5. The fourth-order valence-electron chi connectivity index (χ4n) is 0.751. The minimum absolute atomic E-state index is 0.0514. The Balaban J connectivity index is 2.35. The first-order valence-corrected chi connectivity index (χ1v) is 4.70. The Morgan fingerprint density at radius 1 is 1.77 bits per heavy atom. The van der Waals surface area contributed by atoms with Gasteiger partial charge in [-0.2, -0.15) is 0 Å². The van der Waals surface area contributed by atoms with Crippen LogP contribution in [0, 0.1) is 0 Å². The van der Waals surface area contributed by atoms with Crippen LogP contribution in [0.1, 0.15) is 0 Å². The van der Waals surface area contributed by atoms with Crippen molar-refractivity contribution in [2.45, 2.75) is 5.16 Å². The summed E-state index contributed by atoms with van der Waals surface area (Å²) in [5, 5.41) is 8.27. The highest BCUT2D eigenvalue weighted by molar-refractivity contribution is 7.99. The number of nitrogens with zero attached hydrogens (tertiary/aromatic N) is 3. The number of Topliss-reactive ketones (excluding diaryl/α,β-unsaturated/α-hetero) is 1. The summed E-state index contributed by atoms with van der Waals surface area (Å²) in [6.07, 6.45) is 1.60. The number of ketones is 1. The Kier molecular flexibility index (Phi) is 3.91. The van der Waals surface area contributed by atoms with E-state index in [-0.39, 0.29) is 12.4 Å². The molecule has 0 unspecified atom stereocenters. The molecule has 0 aliphatic rings. The number of ether oxygens (including phenoxy) is 1. The quantitative estimate of drug-likeness (QED) is 0.633. The van der Waals surface area contributed by atoms with Gasteiger partial charge in [-0.05, 0) is 0 Å². The standard InChI is InChI=1S/C7H11N3O2S/c1-10-5-8-9-7(10)13-4-6(11)3-12-2/h5H,3-4H2,1-2H3. The molecule has 0 saturated carbocycles. The molecule has 0 aromatic carbocycles. The molecule has 13 heavy (non-hydrogen) atoms. The second kappa shape index (κ2) is 4.98. The SMILES string of the molecule is COCC(=O)CSc1nncn1C. The number of aromatic nitrogens is 3. The van der Waals surface area contributed by atoms with E-state index >= 15 is 0 Å². The van der Waals surface area contributed by atoms with Gasteiger partial charge in [0.05, 0.1) is 5.75 Å². The molecule has 1 aromatic heterocycles. The molecule has 0 amide bonds. The van der Waals surface area contributed by atoms with Crippen LogP contribution >= 0.6 is 11.8 Å². The van der Waals surface area contributed by atoms with Crippen LogP contribution in [0.2, 0.25) is 0 Å². The topological polar surface area (TPSA) is 57.0 Å². The van der Waals surface area contributed by atoms with Crippen LogP contribution in [-0.2, 0) is 16.6 Å². The Morgan fingerprint density at radius 3 is 3.08 bits per heavy atom. The summed E-state index contributed by atoms with van der Waals surface area (Å²) in [5.41, 5.74) is 0. The van der Waals surface area contributed by atoms with E-state index < -0.39 is 0 Å². The summed E-state index contributed by atoms with van der Waals surface area (Å²) in [7, 11) is 3.34. The molecule has 0 aliphatic carbocycles. The zero-order valence-electron chi connectivity index (χ0n) is 7.56. The van der Waals surface area contributed by atoms with Crippen molar-refractivity contribution in [1.29, 1.82) is 0 Å². The highest BCUT2D eigenvalue weighted by atomic mass is 32.2. The average Bonchev–Trinajstić information content (AvgIpc) is 2.48. The van der Waals surface area contributed by atoms with Gasteiger partial charge < -0.3 is 9.30 Å². The molecule has 0 N–H and O–H groups in total. The number of methoxy groups -OCH3 is 1. The third kappa shape index (κ3) is 3.16. The normalized spacial score (nSPS) is 10.3. The van der Waals surface area contributed by atoms with E-state index in [0.29, 0.717) is 5.75 Å². The summed E-state index contributed by atoms with van der Waals surface area (Å²) in [4.78, 5) is 11.0. The fourth-order valence-corrected chi connectivity index (χ4v) is 1.48. The van der Waals surface area contributed by atoms with Crippen LogP contribution < -0.4 is 0 Å². The second-order valence-corrected chi connectivity index (χ2v) is 3.43. The molecule has 5 nitrogen and oxygen atoms in total. The largest absolute Gasteiger partial charge is 0.377 e. The van der Waals surface area contributed by atoms with Crippen molar-refractivity contribution in [1.82, 2.24) is 14.8 Å². The second-order valence-electron chi connectivity index (χ2n) is 2.48. The number of aryl methyl sites for hydroxylation is 1. The van der Waals surface area contributed by atoms with Gasteiger partial charge in [-0.15, -0.1) is 10.2 Å². The van der Waals surface area contributed by atoms with Crippen molar-refractivity contribution < 1.29 is 9.53 Å². The van der Waals surface area contributed by atoms with Gasteiger partial charge in [-0.1, -0.05) is 11.8 Å². The number of carbonyl (C=O) groups excluding carboxylic acids is 1. The summed E-state index contributed by atoms with van der Waals surface area (Å²) < 4.78 is 6.47. The van der Waals surface area contributed by atoms with Gasteiger partial charge in [0, 0.05) is 14.2 Å². The predicted molar refractivity (Wildman–Crippen MR) is 48.6 cm³/mol. The van der Waals surface area contributed by atoms with E-state index in [2.05, 4.69) is 10.2 Å². The highest BCUT2D eigenvalue weighted by Gasteiger charge is 2.05.